The topological polar surface area (TPSA) is 58.6 Å². The average Bonchev–Trinajstić information content (AvgIpc) is 2.62. The van der Waals surface area contributed by atoms with Gasteiger partial charge in [-0.05, 0) is 11.5 Å². The molecule has 0 aromatic heterocycles. The molecule has 0 spiro atoms. The van der Waals surface area contributed by atoms with Gasteiger partial charge >= 0.3 is 5.97 Å². The summed E-state index contributed by atoms with van der Waals surface area (Å²) in [4.78, 5) is 15.3. The summed E-state index contributed by atoms with van der Waals surface area (Å²) in [5, 5.41) is 8.86. The molecule has 1 aliphatic rings. The first-order valence-corrected chi connectivity index (χ1v) is 4.44. The van der Waals surface area contributed by atoms with Gasteiger partial charge in [0.25, 0.3) is 0 Å². The minimum Gasteiger partial charge on any atom is -0.481 e. The predicted molar refractivity (Wildman–Crippen MR) is 51.2 cm³/mol. The van der Waals surface area contributed by atoms with Crippen LogP contribution in [0.1, 0.15) is 13.8 Å². The number of aliphatic carboxylic acids is 1. The van der Waals surface area contributed by atoms with E-state index in [1.54, 1.807) is 6.08 Å². The van der Waals surface area contributed by atoms with Crippen molar-refractivity contribution in [3.05, 3.63) is 18.0 Å². The van der Waals surface area contributed by atoms with Crippen molar-refractivity contribution in [1.82, 2.24) is 5.48 Å². The number of allylic oxidation sites excluding steroid dienone is 1. The average molecular weight is 197 g/mol. The zero-order valence-corrected chi connectivity index (χ0v) is 8.57. The quantitative estimate of drug-likeness (QED) is 0.524. The van der Waals surface area contributed by atoms with Crippen molar-refractivity contribution in [1.29, 1.82) is 0 Å². The minimum atomic E-state index is -0.738. The molecule has 0 radical (unpaired) electrons. The number of hydrogen-bond acceptors (Lipinski definition) is 3. The highest BCUT2D eigenvalue weighted by Gasteiger charge is 2.60. The molecule has 0 aliphatic heterocycles. The van der Waals surface area contributed by atoms with Crippen LogP contribution in [0.2, 0.25) is 0 Å². The van der Waals surface area contributed by atoms with E-state index in [1.165, 1.54) is 13.3 Å². The lowest BCUT2D eigenvalue weighted by Gasteiger charge is -1.95. The lowest BCUT2D eigenvalue weighted by Crippen LogP contribution is -2.02. The molecule has 1 saturated carbocycles. The van der Waals surface area contributed by atoms with Gasteiger partial charge in [-0.2, -0.15) is 0 Å². The van der Waals surface area contributed by atoms with E-state index < -0.39 is 5.97 Å². The predicted octanol–water partition coefficient (Wildman–Crippen LogP) is 1.16. The standard InChI is InChI=1S/C10H15NO3/c1-10(2)7(8(10)9(12)13)5-4-6-11-14-3/h5-8,11H,1-3H3,(H,12,13). The first-order chi connectivity index (χ1) is 6.51. The van der Waals surface area contributed by atoms with Crippen LogP contribution in [0, 0.1) is 17.3 Å². The van der Waals surface area contributed by atoms with Crippen molar-refractivity contribution in [2.45, 2.75) is 13.8 Å². The summed E-state index contributed by atoms with van der Waals surface area (Å²) in [6, 6.07) is 0. The molecule has 78 valence electrons. The fourth-order valence-corrected chi connectivity index (χ4v) is 1.71. The number of rotatable bonds is 4. The highest BCUT2D eigenvalue weighted by Crippen LogP contribution is 2.58. The molecule has 0 heterocycles. The van der Waals surface area contributed by atoms with E-state index in [4.69, 9.17) is 5.11 Å². The Morgan fingerprint density at radius 1 is 1.64 bits per heavy atom. The molecule has 2 N–H and O–H groups in total. The van der Waals surface area contributed by atoms with Gasteiger partial charge in [-0.3, -0.25) is 15.1 Å². The van der Waals surface area contributed by atoms with Crippen LogP contribution in [0.25, 0.3) is 0 Å². The summed E-state index contributed by atoms with van der Waals surface area (Å²) in [7, 11) is 1.50. The van der Waals surface area contributed by atoms with Crippen LogP contribution in [0.5, 0.6) is 0 Å². The highest BCUT2D eigenvalue weighted by molar-refractivity contribution is 5.76. The van der Waals surface area contributed by atoms with Crippen LogP contribution in [-0.2, 0) is 9.63 Å². The summed E-state index contributed by atoms with van der Waals surface area (Å²) in [6.45, 7) is 3.89. The Morgan fingerprint density at radius 2 is 2.29 bits per heavy atom. The summed E-state index contributed by atoms with van der Waals surface area (Å²) in [5.74, 6) is -0.960. The van der Waals surface area contributed by atoms with E-state index in [0.29, 0.717) is 0 Å². The van der Waals surface area contributed by atoms with E-state index in [2.05, 4.69) is 16.0 Å². The molecule has 2 atom stereocenters. The Kier molecular flexibility index (Phi) is 2.99. The highest BCUT2D eigenvalue weighted by atomic mass is 16.6. The van der Waals surface area contributed by atoms with Crippen LogP contribution < -0.4 is 5.48 Å². The van der Waals surface area contributed by atoms with Crippen molar-refractivity contribution in [3.63, 3.8) is 0 Å². The third-order valence-electron chi connectivity index (χ3n) is 2.71. The molecule has 1 rings (SSSR count). The maximum atomic E-state index is 10.8. The molecular formula is C10H15NO3. The van der Waals surface area contributed by atoms with Crippen LogP contribution in [-0.4, -0.2) is 18.2 Å². The Balaban J connectivity index is 2.57. The van der Waals surface area contributed by atoms with Gasteiger partial charge in [0.15, 0.2) is 0 Å². The molecule has 0 amide bonds. The lowest BCUT2D eigenvalue weighted by atomic mass is 10.1. The summed E-state index contributed by atoms with van der Waals surface area (Å²) >= 11 is 0. The maximum Gasteiger partial charge on any atom is 0.307 e. The molecule has 4 nitrogen and oxygen atoms in total. The molecule has 1 aliphatic carbocycles. The first kappa shape index (κ1) is 10.8. The van der Waals surface area contributed by atoms with Gasteiger partial charge in [0, 0.05) is 5.92 Å². The SMILES string of the molecule is CONC=C=CC1C(C(=O)O)C1(C)C. The second-order valence-electron chi connectivity index (χ2n) is 3.96. The van der Waals surface area contributed by atoms with Gasteiger partial charge in [-0.1, -0.05) is 13.8 Å². The molecule has 0 saturated heterocycles. The Labute approximate surface area is 83.2 Å². The molecule has 4 heteroatoms. The number of hydroxylamine groups is 1. The van der Waals surface area contributed by atoms with Gasteiger partial charge in [0.2, 0.25) is 0 Å². The van der Waals surface area contributed by atoms with E-state index in [1.807, 2.05) is 13.8 Å². The number of hydrogen-bond donors (Lipinski definition) is 2. The second-order valence-corrected chi connectivity index (χ2v) is 3.96. The molecule has 1 fully saturated rings. The summed E-state index contributed by atoms with van der Waals surface area (Å²) in [6.07, 6.45) is 3.28. The van der Waals surface area contributed by atoms with Crippen molar-refractivity contribution in [3.8, 4) is 0 Å². The maximum absolute atomic E-state index is 10.8. The van der Waals surface area contributed by atoms with Gasteiger partial charge < -0.3 is 5.11 Å². The molecule has 2 unspecified atom stereocenters. The van der Waals surface area contributed by atoms with Crippen LogP contribution in [0.3, 0.4) is 0 Å². The molecule has 0 aromatic carbocycles. The minimum absolute atomic E-state index is 0.0647. The first-order valence-electron chi connectivity index (χ1n) is 4.44. The van der Waals surface area contributed by atoms with Crippen molar-refractivity contribution < 1.29 is 14.7 Å². The lowest BCUT2D eigenvalue weighted by molar-refractivity contribution is -0.139. The number of carbonyl (C=O) groups is 1. The second kappa shape index (κ2) is 3.86. The molecule has 14 heavy (non-hydrogen) atoms. The van der Waals surface area contributed by atoms with Crippen molar-refractivity contribution >= 4 is 5.97 Å². The van der Waals surface area contributed by atoms with Crippen molar-refractivity contribution in [2.24, 2.45) is 17.3 Å². The van der Waals surface area contributed by atoms with E-state index >= 15 is 0 Å². The van der Waals surface area contributed by atoms with Crippen LogP contribution in [0.4, 0.5) is 0 Å². The number of nitrogens with one attached hydrogen (secondary N) is 1. The van der Waals surface area contributed by atoms with Crippen molar-refractivity contribution in [2.75, 3.05) is 7.11 Å². The summed E-state index contributed by atoms with van der Waals surface area (Å²) < 4.78 is 0. The Morgan fingerprint density at radius 3 is 2.71 bits per heavy atom. The smallest absolute Gasteiger partial charge is 0.307 e. The zero-order chi connectivity index (χ0) is 10.8. The fourth-order valence-electron chi connectivity index (χ4n) is 1.71. The Hall–Kier alpha value is -1.25. The van der Waals surface area contributed by atoms with Crippen LogP contribution in [0.15, 0.2) is 18.0 Å². The van der Waals surface area contributed by atoms with Gasteiger partial charge in [-0.25, -0.2) is 0 Å². The van der Waals surface area contributed by atoms with Gasteiger partial charge in [-0.15, -0.1) is 5.73 Å². The third-order valence-corrected chi connectivity index (χ3v) is 2.71. The van der Waals surface area contributed by atoms with Crippen LogP contribution >= 0.6 is 0 Å². The van der Waals surface area contributed by atoms with Gasteiger partial charge in [0.05, 0.1) is 19.2 Å². The van der Waals surface area contributed by atoms with E-state index in [9.17, 15) is 4.79 Å². The normalized spacial score (nSPS) is 27.4. The molecule has 0 aromatic rings. The molecular weight excluding hydrogens is 182 g/mol. The van der Waals surface area contributed by atoms with E-state index in [-0.39, 0.29) is 17.3 Å². The van der Waals surface area contributed by atoms with Gasteiger partial charge in [0.1, 0.15) is 0 Å². The fraction of sp³-hybridized carbons (Fsp3) is 0.600. The monoisotopic (exact) mass is 197 g/mol. The Bertz CT molecular complexity index is 290. The number of carboxylic acids is 1. The largest absolute Gasteiger partial charge is 0.481 e. The molecule has 0 bridgehead atoms. The number of carboxylic acid groups (broad SMARTS) is 1. The summed E-state index contributed by atoms with van der Waals surface area (Å²) in [5.41, 5.74) is 5.17. The zero-order valence-electron chi connectivity index (χ0n) is 8.57. The van der Waals surface area contributed by atoms with E-state index in [0.717, 1.165) is 0 Å². The third kappa shape index (κ3) is 1.97.